The summed E-state index contributed by atoms with van der Waals surface area (Å²) < 4.78 is 5.75. The summed E-state index contributed by atoms with van der Waals surface area (Å²) in [5.41, 5.74) is 3.21. The lowest BCUT2D eigenvalue weighted by atomic mass is 9.95. The molecule has 3 rings (SSSR count). The number of rotatable bonds is 4. The van der Waals surface area contributed by atoms with E-state index in [2.05, 4.69) is 20.7 Å². The molecule has 2 aliphatic heterocycles. The number of carbonyl (C=O) groups excluding carboxylic acids is 1. The number of nitrogen functional groups attached to an aromatic ring is 1. The highest BCUT2D eigenvalue weighted by molar-refractivity contribution is 5.97. The Morgan fingerprint density at radius 3 is 2.86 bits per heavy atom. The zero-order valence-corrected chi connectivity index (χ0v) is 12.3. The van der Waals surface area contributed by atoms with Crippen LogP contribution < -0.4 is 16.6 Å². The van der Waals surface area contributed by atoms with Crippen LogP contribution in [0.4, 0.5) is 5.69 Å². The summed E-state index contributed by atoms with van der Waals surface area (Å²) in [7, 11) is 0. The topological polar surface area (TPSA) is 102 Å². The molecule has 1 amide bonds. The number of nitrogens with two attached hydrogens (primary N) is 1. The van der Waals surface area contributed by atoms with E-state index in [0.29, 0.717) is 23.3 Å². The predicted octanol–water partition coefficient (Wildman–Crippen LogP) is 0.935. The summed E-state index contributed by atoms with van der Waals surface area (Å²) >= 11 is 0. The Hall–Kier alpha value is -1.73. The van der Waals surface area contributed by atoms with Crippen molar-refractivity contribution in [3.8, 4) is 0 Å². The van der Waals surface area contributed by atoms with E-state index in [1.807, 2.05) is 13.8 Å². The number of hydrogen-bond acceptors (Lipinski definition) is 6. The fourth-order valence-corrected chi connectivity index (χ4v) is 2.98. The largest absolute Gasteiger partial charge is 0.373 e. The highest BCUT2D eigenvalue weighted by Gasteiger charge is 2.41. The number of ether oxygens (including phenoxy) is 1. The number of nitrogens with one attached hydrogen (secondary N) is 2. The summed E-state index contributed by atoms with van der Waals surface area (Å²) in [5.74, 6) is 6.00. The second-order valence-electron chi connectivity index (χ2n) is 5.98. The van der Waals surface area contributed by atoms with Gasteiger partial charge in [-0.25, -0.2) is 9.97 Å². The van der Waals surface area contributed by atoms with Crippen molar-refractivity contribution < 1.29 is 9.53 Å². The van der Waals surface area contributed by atoms with Crippen LogP contribution in [-0.2, 0) is 4.74 Å². The van der Waals surface area contributed by atoms with E-state index in [-0.39, 0.29) is 24.0 Å². The minimum Gasteiger partial charge on any atom is -0.373 e. The van der Waals surface area contributed by atoms with Gasteiger partial charge in [0, 0.05) is 5.92 Å². The Kier molecular flexibility index (Phi) is 3.77. The van der Waals surface area contributed by atoms with E-state index in [0.717, 1.165) is 19.3 Å². The van der Waals surface area contributed by atoms with Crippen molar-refractivity contribution in [3.05, 3.63) is 17.7 Å². The minimum absolute atomic E-state index is 0.0688. The average Bonchev–Trinajstić information content (AvgIpc) is 3.08. The van der Waals surface area contributed by atoms with Crippen molar-refractivity contribution in [1.29, 1.82) is 0 Å². The molecule has 0 radical (unpaired) electrons. The normalized spacial score (nSPS) is 27.1. The van der Waals surface area contributed by atoms with Gasteiger partial charge in [-0.2, -0.15) is 0 Å². The van der Waals surface area contributed by atoms with Crippen molar-refractivity contribution in [1.82, 2.24) is 15.3 Å². The van der Waals surface area contributed by atoms with Gasteiger partial charge in [0.2, 0.25) is 0 Å². The monoisotopic (exact) mass is 291 g/mol. The molecule has 2 aliphatic rings. The molecule has 0 saturated carbocycles. The zero-order valence-electron chi connectivity index (χ0n) is 12.3. The van der Waals surface area contributed by atoms with Crippen LogP contribution in [-0.4, -0.2) is 34.1 Å². The third-order valence-electron chi connectivity index (χ3n) is 4.12. The van der Waals surface area contributed by atoms with Crippen LogP contribution in [0.25, 0.3) is 0 Å². The molecule has 0 spiro atoms. The molecule has 1 aromatic rings. The molecular formula is C14H21N5O2. The highest BCUT2D eigenvalue weighted by Crippen LogP contribution is 2.34. The molecule has 4 N–H and O–H groups in total. The van der Waals surface area contributed by atoms with Gasteiger partial charge >= 0.3 is 0 Å². The molecule has 7 nitrogen and oxygen atoms in total. The van der Waals surface area contributed by atoms with Gasteiger partial charge in [-0.3, -0.25) is 10.6 Å². The van der Waals surface area contributed by atoms with E-state index in [1.165, 1.54) is 0 Å². The lowest BCUT2D eigenvalue weighted by Gasteiger charge is -2.20. The van der Waals surface area contributed by atoms with Crippen LogP contribution in [0.2, 0.25) is 0 Å². The number of carbonyl (C=O) groups is 1. The number of anilines is 1. The smallest absolute Gasteiger partial charge is 0.272 e. The van der Waals surface area contributed by atoms with Gasteiger partial charge in [-0.05, 0) is 19.3 Å². The SMILES string of the molecule is CC(C)c1ncc(NN)c(C(=O)NC2CC3CCC2O3)n1. The van der Waals surface area contributed by atoms with Crippen molar-refractivity contribution in [3.63, 3.8) is 0 Å². The molecule has 114 valence electrons. The fourth-order valence-electron chi connectivity index (χ4n) is 2.98. The second-order valence-corrected chi connectivity index (χ2v) is 5.98. The molecule has 3 atom stereocenters. The standard InChI is InChI=1S/C14H21N5O2/c1-7(2)13-16-6-10(19-15)12(18-13)14(20)17-9-5-8-3-4-11(9)21-8/h6-9,11,19H,3-5,15H2,1-2H3,(H,17,20). The Morgan fingerprint density at radius 2 is 2.29 bits per heavy atom. The number of fused-ring (bicyclic) bond motifs is 2. The first kappa shape index (κ1) is 14.2. The summed E-state index contributed by atoms with van der Waals surface area (Å²) in [4.78, 5) is 21.0. The first-order chi connectivity index (χ1) is 10.1. The third-order valence-corrected chi connectivity index (χ3v) is 4.12. The van der Waals surface area contributed by atoms with Gasteiger partial charge in [0.1, 0.15) is 5.82 Å². The van der Waals surface area contributed by atoms with E-state index < -0.39 is 0 Å². The molecule has 2 bridgehead atoms. The van der Waals surface area contributed by atoms with Crippen molar-refractivity contribution in [2.45, 2.75) is 57.3 Å². The first-order valence-electron chi connectivity index (χ1n) is 7.38. The van der Waals surface area contributed by atoms with Crippen LogP contribution in [0.5, 0.6) is 0 Å². The van der Waals surface area contributed by atoms with Crippen LogP contribution in [0.15, 0.2) is 6.20 Å². The summed E-state index contributed by atoms with van der Waals surface area (Å²) in [6.07, 6.45) is 4.97. The van der Waals surface area contributed by atoms with Crippen molar-refractivity contribution in [2.24, 2.45) is 5.84 Å². The maximum atomic E-state index is 12.5. The Bertz CT molecular complexity index is 548. The number of nitrogens with zero attached hydrogens (tertiary/aromatic N) is 2. The summed E-state index contributed by atoms with van der Waals surface area (Å²) in [5, 5.41) is 3.02. The van der Waals surface area contributed by atoms with E-state index in [4.69, 9.17) is 10.6 Å². The quantitative estimate of drug-likeness (QED) is 0.563. The minimum atomic E-state index is -0.228. The van der Waals surface area contributed by atoms with Gasteiger partial charge in [-0.1, -0.05) is 13.8 Å². The molecular weight excluding hydrogens is 270 g/mol. The lowest BCUT2D eigenvalue weighted by molar-refractivity contribution is 0.0837. The maximum absolute atomic E-state index is 12.5. The molecule has 3 heterocycles. The third kappa shape index (κ3) is 2.71. The van der Waals surface area contributed by atoms with E-state index in [9.17, 15) is 4.79 Å². The van der Waals surface area contributed by atoms with E-state index in [1.54, 1.807) is 6.20 Å². The Morgan fingerprint density at radius 1 is 1.48 bits per heavy atom. The average molecular weight is 291 g/mol. The van der Waals surface area contributed by atoms with Gasteiger partial charge in [0.25, 0.3) is 5.91 Å². The Balaban J connectivity index is 1.78. The molecule has 0 aromatic carbocycles. The van der Waals surface area contributed by atoms with Crippen LogP contribution in [0, 0.1) is 0 Å². The number of hydrogen-bond donors (Lipinski definition) is 3. The maximum Gasteiger partial charge on any atom is 0.272 e. The summed E-state index contributed by atoms with van der Waals surface area (Å²) in [6, 6.07) is 0.0688. The van der Waals surface area contributed by atoms with Gasteiger partial charge < -0.3 is 15.5 Å². The van der Waals surface area contributed by atoms with Crippen LogP contribution in [0.3, 0.4) is 0 Å². The van der Waals surface area contributed by atoms with Crippen molar-refractivity contribution in [2.75, 3.05) is 5.43 Å². The molecule has 0 aliphatic carbocycles. The second kappa shape index (κ2) is 5.57. The lowest BCUT2D eigenvalue weighted by Crippen LogP contribution is -2.42. The van der Waals surface area contributed by atoms with Crippen LogP contribution >= 0.6 is 0 Å². The Labute approximate surface area is 123 Å². The summed E-state index contributed by atoms with van der Waals surface area (Å²) in [6.45, 7) is 3.96. The fraction of sp³-hybridized carbons (Fsp3) is 0.643. The molecule has 21 heavy (non-hydrogen) atoms. The van der Waals surface area contributed by atoms with Gasteiger partial charge in [-0.15, -0.1) is 0 Å². The zero-order chi connectivity index (χ0) is 15.0. The molecule has 3 unspecified atom stereocenters. The van der Waals surface area contributed by atoms with Gasteiger partial charge in [0.05, 0.1) is 30.1 Å². The number of aromatic nitrogens is 2. The molecule has 7 heteroatoms. The molecule has 2 fully saturated rings. The number of amides is 1. The number of hydrazine groups is 1. The molecule has 1 aromatic heterocycles. The van der Waals surface area contributed by atoms with Crippen molar-refractivity contribution >= 4 is 11.6 Å². The molecule has 2 saturated heterocycles. The van der Waals surface area contributed by atoms with E-state index >= 15 is 0 Å². The van der Waals surface area contributed by atoms with Gasteiger partial charge in [0.15, 0.2) is 5.69 Å². The first-order valence-corrected chi connectivity index (χ1v) is 7.38. The van der Waals surface area contributed by atoms with Crippen LogP contribution in [0.1, 0.15) is 55.3 Å². The highest BCUT2D eigenvalue weighted by atomic mass is 16.5. The predicted molar refractivity (Wildman–Crippen MR) is 77.7 cm³/mol.